The van der Waals surface area contributed by atoms with Gasteiger partial charge in [0, 0.05) is 16.1 Å². The Morgan fingerprint density at radius 3 is 2.53 bits per heavy atom. The van der Waals surface area contributed by atoms with Gasteiger partial charge in [-0.3, -0.25) is 9.89 Å². The van der Waals surface area contributed by atoms with Crippen LogP contribution in [0.1, 0.15) is 21.7 Å². The zero-order chi connectivity index (χ0) is 22.6. The second-order valence-electron chi connectivity index (χ2n) is 7.16. The molecule has 32 heavy (non-hydrogen) atoms. The maximum absolute atomic E-state index is 13.0. The molecule has 1 N–H and O–H groups in total. The highest BCUT2D eigenvalue weighted by atomic mass is 35.5. The molecule has 2 aromatic carbocycles. The Bertz CT molecular complexity index is 1560. The van der Waals surface area contributed by atoms with Crippen molar-refractivity contribution in [1.82, 2.24) is 9.78 Å². The summed E-state index contributed by atoms with van der Waals surface area (Å²) in [6.45, 7) is 4.18. The van der Waals surface area contributed by atoms with E-state index in [0.29, 0.717) is 27.5 Å². The van der Waals surface area contributed by atoms with E-state index in [4.69, 9.17) is 44.0 Å². The number of furan rings is 1. The van der Waals surface area contributed by atoms with Crippen LogP contribution in [-0.2, 0) is 11.3 Å². The molecule has 0 spiro atoms. The second-order valence-corrected chi connectivity index (χ2v) is 8.41. The van der Waals surface area contributed by atoms with Crippen molar-refractivity contribution in [3.05, 3.63) is 95.3 Å². The molecule has 3 heterocycles. The topological polar surface area (TPSA) is 77.2 Å². The number of halogens is 3. The summed E-state index contributed by atoms with van der Waals surface area (Å²) in [6.07, 6.45) is 1.57. The van der Waals surface area contributed by atoms with Gasteiger partial charge in [-0.2, -0.15) is 0 Å². The largest absolute Gasteiger partial charge is 0.457 e. The summed E-state index contributed by atoms with van der Waals surface area (Å²) in [5.74, 6) is 0.628. The molecular weight excluding hydrogens is 475 g/mol. The quantitative estimate of drug-likeness (QED) is 0.437. The van der Waals surface area contributed by atoms with E-state index in [0.717, 1.165) is 11.1 Å². The molecule has 4 aromatic rings. The van der Waals surface area contributed by atoms with Crippen molar-refractivity contribution in [2.45, 2.75) is 6.61 Å². The standard InChI is InChI=1S/C23H13Cl3N2O4/c1-11-16(22(29)28(27-11)21-18(25)7-14(24)8-19(21)26)9-15-4-5-20(32-15)12-2-3-13-10-31-23(30)17(13)6-12/h2-9,27H,1,10H2/b16-9-. The molecule has 0 saturated heterocycles. The molecular formula is C23H13Cl3N2O4. The third-order valence-electron chi connectivity index (χ3n) is 5.10. The smallest absolute Gasteiger partial charge is 0.338 e. The lowest BCUT2D eigenvalue weighted by atomic mass is 10.0. The minimum atomic E-state index is -0.403. The number of hydrogen-bond donors (Lipinski definition) is 1. The van der Waals surface area contributed by atoms with Gasteiger partial charge in [-0.1, -0.05) is 53.5 Å². The van der Waals surface area contributed by atoms with Gasteiger partial charge in [0.1, 0.15) is 23.8 Å². The second kappa shape index (κ2) is 7.74. The van der Waals surface area contributed by atoms with Gasteiger partial charge < -0.3 is 9.15 Å². The fraction of sp³-hybridized carbons (Fsp3) is 0.0435. The lowest BCUT2D eigenvalue weighted by Gasteiger charge is -2.07. The van der Waals surface area contributed by atoms with Gasteiger partial charge in [0.15, 0.2) is 0 Å². The van der Waals surface area contributed by atoms with Crippen LogP contribution in [0.3, 0.4) is 0 Å². The normalized spacial score (nSPS) is 13.5. The van der Waals surface area contributed by atoms with Gasteiger partial charge in [-0.05, 0) is 36.4 Å². The number of aromatic nitrogens is 2. The fourth-order valence-corrected chi connectivity index (χ4v) is 4.53. The van der Waals surface area contributed by atoms with Gasteiger partial charge in [-0.15, -0.1) is 0 Å². The number of hydrogen-bond acceptors (Lipinski definition) is 4. The molecule has 1 aliphatic rings. The number of nitrogens with one attached hydrogen (secondary N) is 1. The number of H-pyrrole nitrogens is 1. The SMILES string of the molecule is C=c1[nH]n(-c2c(Cl)cc(Cl)cc2Cl)c(=O)/c1=C\c1ccc(-c2ccc3c(c2)C(=O)OC3)o1. The molecule has 5 rings (SSSR count). The van der Waals surface area contributed by atoms with Crippen LogP contribution in [0.4, 0.5) is 0 Å². The average molecular weight is 488 g/mol. The van der Waals surface area contributed by atoms with E-state index >= 15 is 0 Å². The van der Waals surface area contributed by atoms with Crippen molar-refractivity contribution in [3.8, 4) is 17.0 Å². The van der Waals surface area contributed by atoms with E-state index < -0.39 is 5.56 Å². The van der Waals surface area contributed by atoms with Crippen LogP contribution >= 0.6 is 34.8 Å². The Morgan fingerprint density at radius 2 is 1.78 bits per heavy atom. The van der Waals surface area contributed by atoms with Crippen LogP contribution in [0, 0.1) is 0 Å². The number of ether oxygens (including phenoxy) is 1. The number of carbonyl (C=O) groups excluding carboxylic acids is 1. The zero-order valence-corrected chi connectivity index (χ0v) is 18.5. The molecule has 0 saturated carbocycles. The van der Waals surface area contributed by atoms with Crippen molar-refractivity contribution in [2.75, 3.05) is 0 Å². The van der Waals surface area contributed by atoms with Crippen LogP contribution in [0.15, 0.2) is 51.7 Å². The Kier molecular flexibility index (Phi) is 5.01. The highest BCUT2D eigenvalue weighted by Gasteiger charge is 2.22. The molecule has 0 amide bonds. The lowest BCUT2D eigenvalue weighted by Crippen LogP contribution is -2.34. The van der Waals surface area contributed by atoms with Crippen molar-refractivity contribution >= 4 is 53.4 Å². The number of fused-ring (bicyclic) bond motifs is 1. The molecule has 0 unspecified atom stereocenters. The number of aromatic amines is 1. The van der Waals surface area contributed by atoms with Gasteiger partial charge in [0.2, 0.25) is 0 Å². The van der Waals surface area contributed by atoms with E-state index in [1.54, 1.807) is 24.3 Å². The summed E-state index contributed by atoms with van der Waals surface area (Å²) in [5, 5.41) is 4.30. The fourth-order valence-electron chi connectivity index (χ4n) is 3.54. The summed E-state index contributed by atoms with van der Waals surface area (Å²) in [7, 11) is 0. The van der Waals surface area contributed by atoms with Crippen molar-refractivity contribution in [1.29, 1.82) is 0 Å². The van der Waals surface area contributed by atoms with Crippen LogP contribution in [-0.4, -0.2) is 15.7 Å². The van der Waals surface area contributed by atoms with E-state index in [1.807, 2.05) is 12.1 Å². The Labute approximate surface area is 195 Å². The van der Waals surface area contributed by atoms with Crippen LogP contribution < -0.4 is 16.1 Å². The van der Waals surface area contributed by atoms with E-state index in [2.05, 4.69) is 11.7 Å². The molecule has 0 bridgehead atoms. The first-order chi connectivity index (χ1) is 15.3. The van der Waals surface area contributed by atoms with Gasteiger partial charge in [0.05, 0.1) is 26.2 Å². The molecule has 0 aliphatic carbocycles. The number of carbonyl (C=O) groups is 1. The lowest BCUT2D eigenvalue weighted by molar-refractivity contribution is 0.0535. The van der Waals surface area contributed by atoms with Gasteiger partial charge >= 0.3 is 5.97 Å². The van der Waals surface area contributed by atoms with E-state index in [1.165, 1.54) is 16.8 Å². The Balaban J connectivity index is 1.56. The summed E-state index contributed by atoms with van der Waals surface area (Å²) in [4.78, 5) is 24.9. The molecule has 0 fully saturated rings. The van der Waals surface area contributed by atoms with Gasteiger partial charge in [-0.25, -0.2) is 9.48 Å². The molecule has 6 nitrogen and oxygen atoms in total. The Hall–Kier alpha value is -3.19. The van der Waals surface area contributed by atoms with Crippen molar-refractivity contribution in [2.24, 2.45) is 0 Å². The number of nitrogens with zero attached hydrogens (tertiary/aromatic N) is 1. The molecule has 160 valence electrons. The molecule has 0 radical (unpaired) electrons. The molecule has 2 aromatic heterocycles. The predicted molar refractivity (Wildman–Crippen MR) is 123 cm³/mol. The Morgan fingerprint density at radius 1 is 1.03 bits per heavy atom. The first-order valence-electron chi connectivity index (χ1n) is 9.38. The maximum atomic E-state index is 13.0. The monoisotopic (exact) mass is 486 g/mol. The van der Waals surface area contributed by atoms with Crippen LogP contribution in [0.2, 0.25) is 15.1 Å². The van der Waals surface area contributed by atoms with Gasteiger partial charge in [0.25, 0.3) is 5.56 Å². The van der Waals surface area contributed by atoms with E-state index in [-0.39, 0.29) is 33.5 Å². The maximum Gasteiger partial charge on any atom is 0.338 e. The summed E-state index contributed by atoms with van der Waals surface area (Å²) in [6, 6.07) is 11.9. The first-order valence-corrected chi connectivity index (χ1v) is 10.5. The van der Waals surface area contributed by atoms with Crippen molar-refractivity contribution < 1.29 is 13.9 Å². The first kappa shape index (κ1) is 20.7. The van der Waals surface area contributed by atoms with Crippen LogP contribution in [0.5, 0.6) is 0 Å². The molecule has 9 heteroatoms. The third kappa shape index (κ3) is 3.46. The number of esters is 1. The number of benzene rings is 2. The summed E-state index contributed by atoms with van der Waals surface area (Å²) >= 11 is 18.5. The summed E-state index contributed by atoms with van der Waals surface area (Å²) in [5.41, 5.74) is 1.96. The minimum Gasteiger partial charge on any atom is -0.457 e. The minimum absolute atomic E-state index is 0.216. The molecule has 1 aliphatic heterocycles. The molecule has 0 atom stereocenters. The van der Waals surface area contributed by atoms with Crippen LogP contribution in [0.25, 0.3) is 29.7 Å². The zero-order valence-electron chi connectivity index (χ0n) is 16.2. The van der Waals surface area contributed by atoms with Crippen molar-refractivity contribution in [3.63, 3.8) is 0 Å². The highest BCUT2D eigenvalue weighted by Crippen LogP contribution is 2.31. The average Bonchev–Trinajstić information content (AvgIpc) is 3.43. The van der Waals surface area contributed by atoms with E-state index in [9.17, 15) is 9.59 Å². The number of rotatable bonds is 3. The third-order valence-corrected chi connectivity index (χ3v) is 5.89. The summed E-state index contributed by atoms with van der Waals surface area (Å²) < 4.78 is 12.1. The predicted octanol–water partition coefficient (Wildman–Crippen LogP) is 4.30. The number of cyclic esters (lactones) is 1. The highest BCUT2D eigenvalue weighted by molar-refractivity contribution is 6.40.